The first-order valence-corrected chi connectivity index (χ1v) is 7.83. The quantitative estimate of drug-likeness (QED) is 0.295. The van der Waals surface area contributed by atoms with Crippen LogP contribution in [0.4, 0.5) is 0 Å². The first kappa shape index (κ1) is 19.6. The second kappa shape index (κ2) is 9.03. The van der Waals surface area contributed by atoms with E-state index in [0.29, 0.717) is 18.8 Å². The van der Waals surface area contributed by atoms with Crippen molar-refractivity contribution in [2.75, 3.05) is 28.1 Å². The highest BCUT2D eigenvalue weighted by molar-refractivity contribution is 5.94. The van der Waals surface area contributed by atoms with Crippen molar-refractivity contribution in [2.24, 2.45) is 17.3 Å². The number of hydrogen-bond donors (Lipinski definition) is 0. The van der Waals surface area contributed by atoms with E-state index in [1.165, 1.54) is 14.2 Å². The highest BCUT2D eigenvalue weighted by atomic mass is 16.7. The summed E-state index contributed by atoms with van der Waals surface area (Å²) in [5.74, 6) is -1.67. The Balaban J connectivity index is 2.85. The van der Waals surface area contributed by atoms with Crippen LogP contribution in [0.3, 0.4) is 0 Å². The summed E-state index contributed by atoms with van der Waals surface area (Å²) in [5, 5.41) is 0. The molecule has 0 heterocycles. The Morgan fingerprint density at radius 1 is 1.22 bits per heavy atom. The van der Waals surface area contributed by atoms with Gasteiger partial charge < -0.3 is 18.9 Å². The van der Waals surface area contributed by atoms with E-state index in [1.54, 1.807) is 7.11 Å². The van der Waals surface area contributed by atoms with Crippen LogP contribution in [-0.2, 0) is 28.5 Å². The zero-order chi connectivity index (χ0) is 17.5. The lowest BCUT2D eigenvalue weighted by Gasteiger charge is -2.43. The molecule has 0 radical (unpaired) electrons. The first-order valence-electron chi connectivity index (χ1n) is 7.83. The van der Waals surface area contributed by atoms with Gasteiger partial charge in [0.1, 0.15) is 6.79 Å². The Morgan fingerprint density at radius 3 is 2.35 bits per heavy atom. The largest absolute Gasteiger partial charge is 0.468 e. The van der Waals surface area contributed by atoms with Crippen molar-refractivity contribution in [3.8, 4) is 0 Å². The maximum absolute atomic E-state index is 11.8. The molecule has 0 aromatic rings. The van der Waals surface area contributed by atoms with Crippen LogP contribution in [0.1, 0.15) is 33.1 Å². The van der Waals surface area contributed by atoms with Crippen molar-refractivity contribution in [2.45, 2.75) is 39.2 Å². The van der Waals surface area contributed by atoms with E-state index >= 15 is 0 Å². The molecular formula is C17H28O6. The number of carbonyl (C=O) groups is 2. The Hall–Kier alpha value is -1.40. The van der Waals surface area contributed by atoms with Crippen molar-refractivity contribution in [3.05, 3.63) is 12.2 Å². The molecule has 0 saturated carbocycles. The smallest absolute Gasteiger partial charge is 0.320 e. The van der Waals surface area contributed by atoms with E-state index in [9.17, 15) is 9.59 Å². The molecule has 0 spiro atoms. The number of rotatable bonds is 8. The van der Waals surface area contributed by atoms with Gasteiger partial charge in [-0.15, -0.1) is 0 Å². The van der Waals surface area contributed by atoms with E-state index in [0.717, 1.165) is 6.42 Å². The molecule has 1 aliphatic rings. The van der Waals surface area contributed by atoms with E-state index < -0.39 is 17.9 Å². The molecule has 6 nitrogen and oxygen atoms in total. The Labute approximate surface area is 138 Å². The monoisotopic (exact) mass is 328 g/mol. The third kappa shape index (κ3) is 4.78. The van der Waals surface area contributed by atoms with Gasteiger partial charge >= 0.3 is 11.9 Å². The van der Waals surface area contributed by atoms with E-state index in [-0.39, 0.29) is 18.3 Å². The maximum atomic E-state index is 11.8. The van der Waals surface area contributed by atoms with Crippen LogP contribution in [0, 0.1) is 17.3 Å². The summed E-state index contributed by atoms with van der Waals surface area (Å²) in [7, 11) is 4.13. The number of carbonyl (C=O) groups excluding carboxylic acids is 2. The summed E-state index contributed by atoms with van der Waals surface area (Å²) in [6, 6.07) is 0. The van der Waals surface area contributed by atoms with Gasteiger partial charge in [-0.1, -0.05) is 26.0 Å². The minimum atomic E-state index is -0.900. The lowest BCUT2D eigenvalue weighted by atomic mass is 9.66. The molecule has 0 amide bonds. The van der Waals surface area contributed by atoms with Crippen LogP contribution < -0.4 is 0 Å². The van der Waals surface area contributed by atoms with Crippen LogP contribution >= 0.6 is 0 Å². The number of ether oxygens (including phenoxy) is 4. The average molecular weight is 328 g/mol. The summed E-state index contributed by atoms with van der Waals surface area (Å²) in [4.78, 5) is 23.7. The third-order valence-electron chi connectivity index (χ3n) is 4.88. The molecule has 3 atom stereocenters. The van der Waals surface area contributed by atoms with Crippen molar-refractivity contribution < 1.29 is 28.5 Å². The molecule has 0 bridgehead atoms. The first-order chi connectivity index (χ1) is 10.9. The second-order valence-corrected chi connectivity index (χ2v) is 6.20. The lowest BCUT2D eigenvalue weighted by Crippen LogP contribution is -2.42. The highest BCUT2D eigenvalue weighted by Crippen LogP contribution is 2.44. The molecule has 0 fully saturated rings. The molecule has 0 unspecified atom stereocenters. The predicted molar refractivity (Wildman–Crippen MR) is 84.5 cm³/mol. The fraction of sp³-hybridized carbons (Fsp3) is 0.765. The molecule has 1 rings (SSSR count). The Morgan fingerprint density at radius 2 is 1.83 bits per heavy atom. The van der Waals surface area contributed by atoms with Gasteiger partial charge in [0.15, 0.2) is 5.92 Å². The second-order valence-electron chi connectivity index (χ2n) is 6.20. The molecule has 23 heavy (non-hydrogen) atoms. The van der Waals surface area contributed by atoms with Crippen LogP contribution in [0.15, 0.2) is 12.2 Å². The van der Waals surface area contributed by atoms with Gasteiger partial charge in [-0.3, -0.25) is 9.59 Å². The van der Waals surface area contributed by atoms with Gasteiger partial charge in [0.25, 0.3) is 0 Å². The minimum Gasteiger partial charge on any atom is -0.468 e. The summed E-state index contributed by atoms with van der Waals surface area (Å²) < 4.78 is 20.2. The van der Waals surface area contributed by atoms with Gasteiger partial charge in [0.05, 0.1) is 20.3 Å². The standard InChI is InChI=1S/C17H28O6/c1-12-7-6-8-14(23-11-20-3)17(12,2)10-9-13(15(18)21-4)16(19)22-5/h6,8,12-14H,7,9-11H2,1-5H3/t12-,14-,17-/m0/s1. The van der Waals surface area contributed by atoms with Crippen molar-refractivity contribution in [3.63, 3.8) is 0 Å². The normalized spacial score (nSPS) is 27.0. The zero-order valence-electron chi connectivity index (χ0n) is 14.7. The molecule has 0 aromatic heterocycles. The molecule has 0 aromatic carbocycles. The number of esters is 2. The molecular weight excluding hydrogens is 300 g/mol. The third-order valence-corrected chi connectivity index (χ3v) is 4.88. The average Bonchev–Trinajstić information content (AvgIpc) is 2.55. The number of methoxy groups -OCH3 is 3. The maximum Gasteiger partial charge on any atom is 0.320 e. The Kier molecular flexibility index (Phi) is 7.72. The fourth-order valence-corrected chi connectivity index (χ4v) is 3.02. The zero-order valence-corrected chi connectivity index (χ0v) is 14.7. The van der Waals surface area contributed by atoms with Gasteiger partial charge in [0.2, 0.25) is 0 Å². The van der Waals surface area contributed by atoms with Crippen LogP contribution in [0.25, 0.3) is 0 Å². The van der Waals surface area contributed by atoms with Crippen molar-refractivity contribution in [1.82, 2.24) is 0 Å². The van der Waals surface area contributed by atoms with E-state index in [4.69, 9.17) is 18.9 Å². The summed E-state index contributed by atoms with van der Waals surface area (Å²) in [6.07, 6.45) is 5.95. The molecule has 1 aliphatic carbocycles. The topological polar surface area (TPSA) is 71.1 Å². The molecule has 132 valence electrons. The Bertz CT molecular complexity index is 417. The van der Waals surface area contributed by atoms with E-state index in [2.05, 4.69) is 19.9 Å². The SMILES string of the molecule is COCO[C@H]1C=CC[C@H](C)[C@]1(C)CCC(C(=O)OC)C(=O)OC. The number of allylic oxidation sites excluding steroid dienone is 1. The van der Waals surface area contributed by atoms with E-state index in [1.807, 2.05) is 6.08 Å². The van der Waals surface area contributed by atoms with Crippen LogP contribution in [0.2, 0.25) is 0 Å². The molecule has 0 N–H and O–H groups in total. The van der Waals surface area contributed by atoms with Crippen LogP contribution in [0.5, 0.6) is 0 Å². The predicted octanol–water partition coefficient (Wildman–Crippen LogP) is 2.32. The van der Waals surface area contributed by atoms with Gasteiger partial charge in [-0.2, -0.15) is 0 Å². The molecule has 0 aliphatic heterocycles. The summed E-state index contributed by atoms with van der Waals surface area (Å²) in [5.41, 5.74) is -0.201. The van der Waals surface area contributed by atoms with Gasteiger partial charge in [-0.25, -0.2) is 0 Å². The fourth-order valence-electron chi connectivity index (χ4n) is 3.02. The minimum absolute atomic E-state index is 0.123. The summed E-state index contributed by atoms with van der Waals surface area (Å²) >= 11 is 0. The van der Waals surface area contributed by atoms with Gasteiger partial charge in [0, 0.05) is 12.5 Å². The molecule has 6 heteroatoms. The molecule has 0 saturated heterocycles. The highest BCUT2D eigenvalue weighted by Gasteiger charge is 2.42. The van der Waals surface area contributed by atoms with Crippen LogP contribution in [-0.4, -0.2) is 46.2 Å². The van der Waals surface area contributed by atoms with Crippen molar-refractivity contribution >= 4 is 11.9 Å². The van der Waals surface area contributed by atoms with Crippen molar-refractivity contribution in [1.29, 1.82) is 0 Å². The summed E-state index contributed by atoms with van der Waals surface area (Å²) in [6.45, 7) is 4.47. The van der Waals surface area contributed by atoms with Gasteiger partial charge in [-0.05, 0) is 25.2 Å². The number of hydrogen-bond acceptors (Lipinski definition) is 6. The lowest BCUT2D eigenvalue weighted by molar-refractivity contribution is -0.160.